The molecule has 2 aromatic carbocycles. The Hall–Kier alpha value is -1.87. The third-order valence-electron chi connectivity index (χ3n) is 3.60. The summed E-state index contributed by atoms with van der Waals surface area (Å²) in [4.78, 5) is 0. The highest BCUT2D eigenvalue weighted by molar-refractivity contribution is 5.37. The SMILES string of the molecule is Cc1cccc(C)c1COc1c(F)cccc1CC(C)N. The van der Waals surface area contributed by atoms with Crippen molar-refractivity contribution < 1.29 is 9.13 Å². The first-order valence-corrected chi connectivity index (χ1v) is 7.20. The topological polar surface area (TPSA) is 35.2 Å². The molecular weight excluding hydrogens is 265 g/mol. The van der Waals surface area contributed by atoms with Crippen LogP contribution >= 0.6 is 0 Å². The van der Waals surface area contributed by atoms with Crippen LogP contribution in [-0.4, -0.2) is 6.04 Å². The molecule has 0 aliphatic heterocycles. The van der Waals surface area contributed by atoms with Crippen molar-refractivity contribution in [2.24, 2.45) is 5.73 Å². The first kappa shape index (κ1) is 15.5. The molecule has 2 N–H and O–H groups in total. The second-order valence-electron chi connectivity index (χ2n) is 5.57. The first-order chi connectivity index (χ1) is 9.99. The number of ether oxygens (including phenoxy) is 1. The second-order valence-corrected chi connectivity index (χ2v) is 5.57. The fourth-order valence-electron chi connectivity index (χ4n) is 2.44. The minimum Gasteiger partial charge on any atom is -0.486 e. The Kier molecular flexibility index (Phi) is 4.97. The van der Waals surface area contributed by atoms with Crippen LogP contribution in [0, 0.1) is 19.7 Å². The van der Waals surface area contributed by atoms with E-state index in [0.29, 0.717) is 18.8 Å². The maximum absolute atomic E-state index is 14.0. The molecule has 0 bridgehead atoms. The van der Waals surface area contributed by atoms with Gasteiger partial charge in [-0.25, -0.2) is 4.39 Å². The van der Waals surface area contributed by atoms with E-state index < -0.39 is 0 Å². The van der Waals surface area contributed by atoms with Crippen molar-refractivity contribution in [1.82, 2.24) is 0 Å². The Bertz CT molecular complexity index is 602. The van der Waals surface area contributed by atoms with E-state index in [4.69, 9.17) is 10.5 Å². The van der Waals surface area contributed by atoms with Crippen LogP contribution in [0.5, 0.6) is 5.75 Å². The van der Waals surface area contributed by atoms with Crippen molar-refractivity contribution in [2.75, 3.05) is 0 Å². The van der Waals surface area contributed by atoms with Gasteiger partial charge in [0.2, 0.25) is 0 Å². The van der Waals surface area contributed by atoms with Crippen molar-refractivity contribution in [3.63, 3.8) is 0 Å². The van der Waals surface area contributed by atoms with Crippen LogP contribution in [0.15, 0.2) is 36.4 Å². The molecule has 3 heteroatoms. The lowest BCUT2D eigenvalue weighted by atomic mass is 10.0. The average Bonchev–Trinajstić information content (AvgIpc) is 2.40. The van der Waals surface area contributed by atoms with E-state index in [-0.39, 0.29) is 11.9 Å². The summed E-state index contributed by atoms with van der Waals surface area (Å²) in [5.41, 5.74) is 10.0. The van der Waals surface area contributed by atoms with Crippen LogP contribution < -0.4 is 10.5 Å². The summed E-state index contributed by atoms with van der Waals surface area (Å²) in [5.74, 6) is -0.0168. The van der Waals surface area contributed by atoms with Crippen LogP contribution in [0.4, 0.5) is 4.39 Å². The van der Waals surface area contributed by atoms with Gasteiger partial charge in [0.15, 0.2) is 11.6 Å². The fourth-order valence-corrected chi connectivity index (χ4v) is 2.44. The molecule has 0 saturated heterocycles. The van der Waals surface area contributed by atoms with Crippen LogP contribution in [0.25, 0.3) is 0 Å². The van der Waals surface area contributed by atoms with Crippen molar-refractivity contribution in [3.05, 3.63) is 64.5 Å². The standard InChI is InChI=1S/C18H22FNO/c1-12-6-4-7-13(2)16(12)11-21-18-15(10-14(3)20)8-5-9-17(18)19/h4-9,14H,10-11,20H2,1-3H3. The van der Waals surface area contributed by atoms with Crippen molar-refractivity contribution >= 4 is 0 Å². The Morgan fingerprint density at radius 1 is 1.10 bits per heavy atom. The molecule has 0 fully saturated rings. The normalized spacial score (nSPS) is 12.2. The molecule has 2 rings (SSSR count). The molecular formula is C18H22FNO. The predicted molar refractivity (Wildman–Crippen MR) is 84.0 cm³/mol. The highest BCUT2D eigenvalue weighted by atomic mass is 19.1. The van der Waals surface area contributed by atoms with Gasteiger partial charge in [-0.1, -0.05) is 30.3 Å². The molecule has 0 aliphatic rings. The Morgan fingerprint density at radius 2 is 1.71 bits per heavy atom. The molecule has 0 aliphatic carbocycles. The zero-order chi connectivity index (χ0) is 15.4. The van der Waals surface area contributed by atoms with Gasteiger partial charge >= 0.3 is 0 Å². The van der Waals surface area contributed by atoms with E-state index in [0.717, 1.165) is 22.3 Å². The lowest BCUT2D eigenvalue weighted by Crippen LogP contribution is -2.18. The van der Waals surface area contributed by atoms with Gasteiger partial charge in [0.25, 0.3) is 0 Å². The molecule has 0 radical (unpaired) electrons. The highest BCUT2D eigenvalue weighted by Gasteiger charge is 2.12. The lowest BCUT2D eigenvalue weighted by Gasteiger charge is -2.16. The van der Waals surface area contributed by atoms with E-state index in [9.17, 15) is 4.39 Å². The maximum atomic E-state index is 14.0. The number of para-hydroxylation sites is 1. The molecule has 0 heterocycles. The summed E-state index contributed by atoms with van der Waals surface area (Å²) in [7, 11) is 0. The van der Waals surface area contributed by atoms with E-state index in [1.54, 1.807) is 6.07 Å². The molecule has 0 amide bonds. The maximum Gasteiger partial charge on any atom is 0.165 e. The second kappa shape index (κ2) is 6.72. The zero-order valence-corrected chi connectivity index (χ0v) is 12.8. The molecule has 2 aromatic rings. The third-order valence-corrected chi connectivity index (χ3v) is 3.60. The van der Waals surface area contributed by atoms with Gasteiger partial charge in [0.1, 0.15) is 6.61 Å². The summed E-state index contributed by atoms with van der Waals surface area (Å²) in [6, 6.07) is 11.0. The number of rotatable bonds is 5. The van der Waals surface area contributed by atoms with Gasteiger partial charge in [-0.2, -0.15) is 0 Å². The van der Waals surface area contributed by atoms with Crippen molar-refractivity contribution in [2.45, 2.75) is 39.8 Å². The average molecular weight is 287 g/mol. The first-order valence-electron chi connectivity index (χ1n) is 7.20. The van der Waals surface area contributed by atoms with E-state index in [1.807, 2.05) is 45.0 Å². The van der Waals surface area contributed by atoms with Crippen molar-refractivity contribution in [3.8, 4) is 5.75 Å². The number of hydrogen-bond donors (Lipinski definition) is 1. The number of aryl methyl sites for hydroxylation is 2. The summed E-state index contributed by atoms with van der Waals surface area (Å²) < 4.78 is 19.8. The van der Waals surface area contributed by atoms with Gasteiger partial charge in [0.05, 0.1) is 0 Å². The molecule has 2 nitrogen and oxygen atoms in total. The minimum atomic E-state index is -0.334. The van der Waals surface area contributed by atoms with Gasteiger partial charge < -0.3 is 10.5 Å². The van der Waals surface area contributed by atoms with E-state index >= 15 is 0 Å². The van der Waals surface area contributed by atoms with Crippen LogP contribution in [0.2, 0.25) is 0 Å². The van der Waals surface area contributed by atoms with Crippen molar-refractivity contribution in [1.29, 1.82) is 0 Å². The van der Waals surface area contributed by atoms with Crippen LogP contribution in [0.3, 0.4) is 0 Å². The number of hydrogen-bond acceptors (Lipinski definition) is 2. The molecule has 112 valence electrons. The van der Waals surface area contributed by atoms with Gasteiger partial charge in [0, 0.05) is 6.04 Å². The highest BCUT2D eigenvalue weighted by Crippen LogP contribution is 2.26. The smallest absolute Gasteiger partial charge is 0.165 e. The molecule has 0 saturated carbocycles. The number of halogens is 1. The summed E-state index contributed by atoms with van der Waals surface area (Å²) >= 11 is 0. The number of benzene rings is 2. The predicted octanol–water partition coefficient (Wildman–Crippen LogP) is 3.91. The van der Waals surface area contributed by atoms with Gasteiger partial charge in [-0.05, 0) is 55.5 Å². The summed E-state index contributed by atoms with van der Waals surface area (Å²) in [5, 5.41) is 0. The third kappa shape index (κ3) is 3.82. The fraction of sp³-hybridized carbons (Fsp3) is 0.333. The minimum absolute atomic E-state index is 0.0330. The largest absolute Gasteiger partial charge is 0.486 e. The quantitative estimate of drug-likeness (QED) is 0.905. The van der Waals surface area contributed by atoms with E-state index in [1.165, 1.54) is 6.07 Å². The molecule has 0 aromatic heterocycles. The lowest BCUT2D eigenvalue weighted by molar-refractivity contribution is 0.285. The van der Waals surface area contributed by atoms with Crippen LogP contribution in [0.1, 0.15) is 29.2 Å². The summed E-state index contributed by atoms with van der Waals surface area (Å²) in [6.07, 6.45) is 0.597. The molecule has 0 spiro atoms. The van der Waals surface area contributed by atoms with Crippen LogP contribution in [-0.2, 0) is 13.0 Å². The molecule has 21 heavy (non-hydrogen) atoms. The summed E-state index contributed by atoms with van der Waals surface area (Å²) in [6.45, 7) is 6.34. The molecule has 1 atom stereocenters. The molecule has 1 unspecified atom stereocenters. The van der Waals surface area contributed by atoms with Gasteiger partial charge in [-0.15, -0.1) is 0 Å². The van der Waals surface area contributed by atoms with Gasteiger partial charge in [-0.3, -0.25) is 0 Å². The number of nitrogens with two attached hydrogens (primary N) is 1. The Morgan fingerprint density at radius 3 is 2.33 bits per heavy atom. The Labute approximate surface area is 125 Å². The van der Waals surface area contributed by atoms with E-state index in [2.05, 4.69) is 0 Å². The Balaban J connectivity index is 2.24. The monoisotopic (exact) mass is 287 g/mol. The zero-order valence-electron chi connectivity index (χ0n) is 12.8.